The summed E-state index contributed by atoms with van der Waals surface area (Å²) in [4.78, 5) is 17.4. The maximum Gasteiger partial charge on any atom is 0.271 e. The third kappa shape index (κ3) is 3.87. The SMILES string of the molecule is Cc1cc(C)n(-c2ccc(Cl)c(C(=O)NC(C)c3ccc4ccccc4c3)n2)n1. The predicted octanol–water partition coefficient (Wildman–Crippen LogP) is 5.18. The van der Waals surface area contributed by atoms with Crippen molar-refractivity contribution in [2.45, 2.75) is 26.8 Å². The molecule has 4 rings (SSSR count). The largest absolute Gasteiger partial charge is 0.344 e. The van der Waals surface area contributed by atoms with Gasteiger partial charge in [0, 0.05) is 5.69 Å². The Kier molecular flexibility index (Phi) is 5.07. The summed E-state index contributed by atoms with van der Waals surface area (Å²) in [5, 5.41) is 10.0. The zero-order chi connectivity index (χ0) is 20.5. The van der Waals surface area contributed by atoms with Crippen LogP contribution in [0.5, 0.6) is 0 Å². The van der Waals surface area contributed by atoms with E-state index in [1.165, 1.54) is 0 Å². The number of amides is 1. The maximum absolute atomic E-state index is 12.9. The molecule has 1 N–H and O–H groups in total. The Morgan fingerprint density at radius 1 is 1.03 bits per heavy atom. The molecule has 0 aliphatic carbocycles. The minimum absolute atomic E-state index is 0.185. The number of fused-ring (bicyclic) bond motifs is 1. The lowest BCUT2D eigenvalue weighted by atomic mass is 10.0. The van der Waals surface area contributed by atoms with E-state index >= 15 is 0 Å². The normalized spacial score (nSPS) is 12.1. The van der Waals surface area contributed by atoms with Crippen LogP contribution in [0.25, 0.3) is 16.6 Å². The van der Waals surface area contributed by atoms with E-state index in [1.54, 1.807) is 16.8 Å². The van der Waals surface area contributed by atoms with Gasteiger partial charge in [0.1, 0.15) is 5.69 Å². The van der Waals surface area contributed by atoms with Gasteiger partial charge in [0.05, 0.1) is 16.8 Å². The molecule has 0 spiro atoms. The van der Waals surface area contributed by atoms with Gasteiger partial charge in [-0.3, -0.25) is 4.79 Å². The number of rotatable bonds is 4. The molecule has 0 bridgehead atoms. The van der Waals surface area contributed by atoms with E-state index in [4.69, 9.17) is 11.6 Å². The van der Waals surface area contributed by atoms with Crippen LogP contribution in [-0.4, -0.2) is 20.7 Å². The van der Waals surface area contributed by atoms with E-state index in [0.29, 0.717) is 10.8 Å². The summed E-state index contributed by atoms with van der Waals surface area (Å²) in [6.07, 6.45) is 0. The van der Waals surface area contributed by atoms with Crippen LogP contribution in [0.4, 0.5) is 0 Å². The summed E-state index contributed by atoms with van der Waals surface area (Å²) in [5.41, 5.74) is 3.02. The molecule has 0 fully saturated rings. The van der Waals surface area contributed by atoms with E-state index in [9.17, 15) is 4.79 Å². The maximum atomic E-state index is 12.9. The first kappa shape index (κ1) is 19.2. The van der Waals surface area contributed by atoms with Crippen LogP contribution in [-0.2, 0) is 0 Å². The van der Waals surface area contributed by atoms with Crippen LogP contribution in [0, 0.1) is 13.8 Å². The van der Waals surface area contributed by atoms with Gasteiger partial charge in [-0.2, -0.15) is 5.10 Å². The van der Waals surface area contributed by atoms with Crippen molar-refractivity contribution >= 4 is 28.3 Å². The highest BCUT2D eigenvalue weighted by Crippen LogP contribution is 2.22. The van der Waals surface area contributed by atoms with Gasteiger partial charge < -0.3 is 5.32 Å². The molecule has 0 saturated carbocycles. The zero-order valence-electron chi connectivity index (χ0n) is 16.5. The van der Waals surface area contributed by atoms with Gasteiger partial charge in [-0.05, 0) is 61.4 Å². The lowest BCUT2D eigenvalue weighted by Crippen LogP contribution is -2.28. The van der Waals surface area contributed by atoms with E-state index in [2.05, 4.69) is 39.7 Å². The van der Waals surface area contributed by atoms with Gasteiger partial charge in [0.25, 0.3) is 5.91 Å². The van der Waals surface area contributed by atoms with Crippen LogP contribution in [0.15, 0.2) is 60.7 Å². The Balaban J connectivity index is 1.60. The second-order valence-electron chi connectivity index (χ2n) is 7.14. The number of aryl methyl sites for hydroxylation is 2. The fourth-order valence-electron chi connectivity index (χ4n) is 3.40. The second kappa shape index (κ2) is 7.68. The molecular formula is C23H21ClN4O. The van der Waals surface area contributed by atoms with Crippen LogP contribution in [0.2, 0.25) is 5.02 Å². The molecule has 29 heavy (non-hydrogen) atoms. The van der Waals surface area contributed by atoms with Crippen LogP contribution in [0.1, 0.15) is 40.4 Å². The molecule has 2 heterocycles. The number of halogens is 1. The number of carbonyl (C=O) groups excluding carboxylic acids is 1. The lowest BCUT2D eigenvalue weighted by molar-refractivity contribution is 0.0935. The Morgan fingerprint density at radius 2 is 1.79 bits per heavy atom. The monoisotopic (exact) mass is 404 g/mol. The number of nitrogens with one attached hydrogen (secondary N) is 1. The number of hydrogen-bond donors (Lipinski definition) is 1. The molecule has 4 aromatic rings. The Morgan fingerprint density at radius 3 is 2.52 bits per heavy atom. The summed E-state index contributed by atoms with van der Waals surface area (Å²) in [6, 6.07) is 19.5. The van der Waals surface area contributed by atoms with Crippen molar-refractivity contribution in [2.75, 3.05) is 0 Å². The van der Waals surface area contributed by atoms with Crippen molar-refractivity contribution in [3.63, 3.8) is 0 Å². The number of aromatic nitrogens is 3. The highest BCUT2D eigenvalue weighted by molar-refractivity contribution is 6.33. The third-order valence-corrected chi connectivity index (χ3v) is 5.20. The molecule has 0 aliphatic heterocycles. The summed E-state index contributed by atoms with van der Waals surface area (Å²) in [7, 11) is 0. The Bertz CT molecular complexity index is 1210. The van der Waals surface area contributed by atoms with E-state index < -0.39 is 0 Å². The van der Waals surface area contributed by atoms with E-state index in [1.807, 2.05) is 45.0 Å². The number of carbonyl (C=O) groups is 1. The molecule has 2 aromatic carbocycles. The Labute approximate surface area is 174 Å². The van der Waals surface area contributed by atoms with E-state index in [0.717, 1.165) is 27.7 Å². The molecule has 5 nitrogen and oxygen atoms in total. The first-order chi connectivity index (χ1) is 13.9. The fourth-order valence-corrected chi connectivity index (χ4v) is 3.59. The molecule has 1 amide bonds. The number of nitrogens with zero attached hydrogens (tertiary/aromatic N) is 3. The number of pyridine rings is 1. The average molecular weight is 405 g/mol. The van der Waals surface area contributed by atoms with Crippen LogP contribution in [0.3, 0.4) is 0 Å². The van der Waals surface area contributed by atoms with Gasteiger partial charge in [-0.25, -0.2) is 9.67 Å². The molecule has 2 aromatic heterocycles. The highest BCUT2D eigenvalue weighted by Gasteiger charge is 2.18. The summed E-state index contributed by atoms with van der Waals surface area (Å²) in [5.74, 6) is 0.238. The minimum Gasteiger partial charge on any atom is -0.344 e. The quantitative estimate of drug-likeness (QED) is 0.509. The van der Waals surface area contributed by atoms with Crippen molar-refractivity contribution in [2.24, 2.45) is 0 Å². The molecular weight excluding hydrogens is 384 g/mol. The smallest absolute Gasteiger partial charge is 0.271 e. The van der Waals surface area contributed by atoms with Gasteiger partial charge in [-0.15, -0.1) is 0 Å². The first-order valence-electron chi connectivity index (χ1n) is 9.42. The van der Waals surface area contributed by atoms with Gasteiger partial charge in [0.15, 0.2) is 5.82 Å². The fraction of sp³-hybridized carbons (Fsp3) is 0.174. The molecule has 146 valence electrons. The molecule has 1 unspecified atom stereocenters. The standard InChI is InChI=1S/C23H21ClN4O/c1-14-12-15(2)28(27-14)21-11-10-20(24)22(26-21)23(29)25-16(3)18-9-8-17-6-4-5-7-19(17)13-18/h4-13,16H,1-3H3,(H,25,29). The summed E-state index contributed by atoms with van der Waals surface area (Å²) >= 11 is 6.28. The molecule has 0 saturated heterocycles. The average Bonchev–Trinajstić information content (AvgIpc) is 3.05. The van der Waals surface area contributed by atoms with Crippen molar-refractivity contribution < 1.29 is 4.79 Å². The Hall–Kier alpha value is -3.18. The van der Waals surface area contributed by atoms with Crippen LogP contribution < -0.4 is 5.32 Å². The van der Waals surface area contributed by atoms with Gasteiger partial charge >= 0.3 is 0 Å². The number of benzene rings is 2. The molecule has 0 radical (unpaired) electrons. The zero-order valence-corrected chi connectivity index (χ0v) is 17.2. The third-order valence-electron chi connectivity index (χ3n) is 4.89. The minimum atomic E-state index is -0.320. The molecule has 6 heteroatoms. The summed E-state index contributed by atoms with van der Waals surface area (Å²) in [6.45, 7) is 5.80. The second-order valence-corrected chi connectivity index (χ2v) is 7.55. The lowest BCUT2D eigenvalue weighted by Gasteiger charge is -2.16. The van der Waals surface area contributed by atoms with Gasteiger partial charge in [-0.1, -0.05) is 48.0 Å². The van der Waals surface area contributed by atoms with Gasteiger partial charge in [0.2, 0.25) is 0 Å². The van der Waals surface area contributed by atoms with Crippen molar-refractivity contribution in [1.82, 2.24) is 20.1 Å². The van der Waals surface area contributed by atoms with Crippen LogP contribution >= 0.6 is 11.6 Å². The number of hydrogen-bond acceptors (Lipinski definition) is 3. The highest BCUT2D eigenvalue weighted by atomic mass is 35.5. The van der Waals surface area contributed by atoms with Crippen molar-refractivity contribution in [3.05, 3.63) is 88.3 Å². The van der Waals surface area contributed by atoms with Crippen molar-refractivity contribution in [3.8, 4) is 5.82 Å². The molecule has 0 aliphatic rings. The molecule has 1 atom stereocenters. The predicted molar refractivity (Wildman–Crippen MR) is 116 cm³/mol. The topological polar surface area (TPSA) is 59.8 Å². The van der Waals surface area contributed by atoms with Crippen molar-refractivity contribution in [1.29, 1.82) is 0 Å². The van der Waals surface area contributed by atoms with E-state index in [-0.39, 0.29) is 17.6 Å². The summed E-state index contributed by atoms with van der Waals surface area (Å²) < 4.78 is 1.70. The first-order valence-corrected chi connectivity index (χ1v) is 9.80.